The Kier molecular flexibility index (Phi) is 4.49. The van der Waals surface area contributed by atoms with Crippen LogP contribution in [0.4, 0.5) is 11.5 Å². The van der Waals surface area contributed by atoms with Crippen LogP contribution in [0.15, 0.2) is 23.1 Å². The second-order valence-corrected chi connectivity index (χ2v) is 10.4. The molecule has 2 aliphatic rings. The molecule has 9 heteroatoms. The third-order valence-electron chi connectivity index (χ3n) is 5.84. The van der Waals surface area contributed by atoms with Crippen molar-refractivity contribution in [2.24, 2.45) is 5.14 Å². The molecule has 7 nitrogen and oxygen atoms in total. The van der Waals surface area contributed by atoms with Crippen LogP contribution in [0.25, 0.3) is 10.2 Å². The minimum atomic E-state index is -3.69. The molecule has 4 N–H and O–H groups in total. The molecular weight excluding hydrogens is 406 g/mol. The highest BCUT2D eigenvalue weighted by molar-refractivity contribution is 7.89. The summed E-state index contributed by atoms with van der Waals surface area (Å²) in [7, 11) is -3.69. The van der Waals surface area contributed by atoms with Crippen LogP contribution in [-0.4, -0.2) is 24.9 Å². The predicted octanol–water partition coefficient (Wildman–Crippen LogP) is 2.75. The Balaban J connectivity index is 1.46. The fourth-order valence-electron chi connectivity index (χ4n) is 4.44. The van der Waals surface area contributed by atoms with Gasteiger partial charge in [-0.1, -0.05) is 6.42 Å². The van der Waals surface area contributed by atoms with Crippen LogP contribution in [0, 0.1) is 0 Å². The van der Waals surface area contributed by atoms with Gasteiger partial charge in [-0.2, -0.15) is 0 Å². The van der Waals surface area contributed by atoms with Gasteiger partial charge in [0.2, 0.25) is 10.0 Å². The van der Waals surface area contributed by atoms with Crippen molar-refractivity contribution in [3.63, 3.8) is 0 Å². The maximum absolute atomic E-state index is 11.6. The SMILES string of the molecule is Nc1nc(CN2CCc3cc(S(N)(=O)=O)ccc32)nc2sc3c(c12)CCCCC3. The molecule has 1 aliphatic heterocycles. The molecule has 2 aromatic heterocycles. The van der Waals surface area contributed by atoms with Gasteiger partial charge in [-0.05, 0) is 61.4 Å². The van der Waals surface area contributed by atoms with Gasteiger partial charge < -0.3 is 10.6 Å². The molecule has 0 amide bonds. The summed E-state index contributed by atoms with van der Waals surface area (Å²) in [5.41, 5.74) is 9.71. The Bertz CT molecular complexity index is 1220. The molecule has 0 atom stereocenters. The summed E-state index contributed by atoms with van der Waals surface area (Å²) in [5.74, 6) is 1.28. The van der Waals surface area contributed by atoms with Gasteiger partial charge in [-0.15, -0.1) is 11.3 Å². The van der Waals surface area contributed by atoms with E-state index in [2.05, 4.69) is 9.88 Å². The summed E-state index contributed by atoms with van der Waals surface area (Å²) >= 11 is 1.76. The number of primary sulfonamides is 1. The molecule has 5 rings (SSSR count). The normalized spacial score (nSPS) is 16.7. The number of rotatable bonds is 3. The number of nitrogens with two attached hydrogens (primary N) is 2. The van der Waals surface area contributed by atoms with Crippen LogP contribution < -0.4 is 15.8 Å². The average Bonchev–Trinajstić information content (AvgIpc) is 3.14. The Morgan fingerprint density at radius 2 is 1.93 bits per heavy atom. The van der Waals surface area contributed by atoms with Crippen molar-refractivity contribution in [3.8, 4) is 0 Å². The number of benzene rings is 1. The molecule has 3 aromatic rings. The number of thiophene rings is 1. The molecule has 0 bridgehead atoms. The number of nitrogen functional groups attached to an aromatic ring is 1. The molecule has 1 aliphatic carbocycles. The minimum Gasteiger partial charge on any atom is -0.383 e. The quantitative estimate of drug-likeness (QED) is 0.619. The molecule has 0 spiro atoms. The van der Waals surface area contributed by atoms with Crippen molar-refractivity contribution in [1.29, 1.82) is 0 Å². The summed E-state index contributed by atoms with van der Waals surface area (Å²) in [6.45, 7) is 1.33. The number of nitrogens with zero attached hydrogens (tertiary/aromatic N) is 3. The summed E-state index contributed by atoms with van der Waals surface area (Å²) in [6, 6.07) is 5.04. The smallest absolute Gasteiger partial charge is 0.238 e. The highest BCUT2D eigenvalue weighted by Crippen LogP contribution is 2.37. The molecule has 1 aromatic carbocycles. The first-order valence-electron chi connectivity index (χ1n) is 9.87. The molecule has 0 saturated carbocycles. The van der Waals surface area contributed by atoms with E-state index in [0.717, 1.165) is 47.3 Å². The highest BCUT2D eigenvalue weighted by Gasteiger charge is 2.24. The summed E-state index contributed by atoms with van der Waals surface area (Å²) in [6.07, 6.45) is 6.63. The fourth-order valence-corrected chi connectivity index (χ4v) is 6.29. The summed E-state index contributed by atoms with van der Waals surface area (Å²) < 4.78 is 23.2. The predicted molar refractivity (Wildman–Crippen MR) is 116 cm³/mol. The number of hydrogen-bond donors (Lipinski definition) is 2. The topological polar surface area (TPSA) is 115 Å². The molecule has 0 unspecified atom stereocenters. The Morgan fingerprint density at radius 3 is 2.76 bits per heavy atom. The van der Waals surface area contributed by atoms with E-state index in [1.54, 1.807) is 23.5 Å². The van der Waals surface area contributed by atoms with Crippen LogP contribution in [0.2, 0.25) is 0 Å². The van der Waals surface area contributed by atoms with Gasteiger partial charge in [0.1, 0.15) is 10.6 Å². The van der Waals surface area contributed by atoms with Gasteiger partial charge in [0.15, 0.2) is 5.82 Å². The largest absolute Gasteiger partial charge is 0.383 e. The monoisotopic (exact) mass is 429 g/mol. The lowest BCUT2D eigenvalue weighted by Crippen LogP contribution is -2.21. The van der Waals surface area contributed by atoms with E-state index in [1.807, 2.05) is 6.07 Å². The average molecular weight is 430 g/mol. The van der Waals surface area contributed by atoms with E-state index in [-0.39, 0.29) is 4.90 Å². The summed E-state index contributed by atoms with van der Waals surface area (Å²) in [5, 5.41) is 6.31. The third-order valence-corrected chi connectivity index (χ3v) is 7.94. The second kappa shape index (κ2) is 6.93. The first-order chi connectivity index (χ1) is 13.9. The first-order valence-corrected chi connectivity index (χ1v) is 12.2. The van der Waals surface area contributed by atoms with Crippen molar-refractivity contribution in [3.05, 3.63) is 40.0 Å². The standard InChI is InChI=1S/C20H23N5O2S2/c21-19-18-14-4-2-1-3-5-16(14)28-20(18)24-17(23-19)11-25-9-8-12-10-13(29(22,26)27)6-7-15(12)25/h6-7,10H,1-5,8-9,11H2,(H2,21,23,24)(H2,22,26,27). The van der Waals surface area contributed by atoms with Gasteiger partial charge >= 0.3 is 0 Å². The van der Waals surface area contributed by atoms with Crippen molar-refractivity contribution in [2.75, 3.05) is 17.2 Å². The Morgan fingerprint density at radius 1 is 1.10 bits per heavy atom. The zero-order valence-corrected chi connectivity index (χ0v) is 17.7. The van der Waals surface area contributed by atoms with Crippen LogP contribution in [0.5, 0.6) is 0 Å². The molecule has 0 fully saturated rings. The Labute approximate surface area is 173 Å². The lowest BCUT2D eigenvalue weighted by atomic mass is 10.1. The van der Waals surface area contributed by atoms with Crippen LogP contribution in [0.1, 0.15) is 41.1 Å². The van der Waals surface area contributed by atoms with E-state index in [9.17, 15) is 8.42 Å². The van der Waals surface area contributed by atoms with Gasteiger partial charge in [-0.3, -0.25) is 0 Å². The Hall–Kier alpha value is -2.23. The van der Waals surface area contributed by atoms with E-state index in [4.69, 9.17) is 15.9 Å². The zero-order valence-electron chi connectivity index (χ0n) is 16.0. The number of aryl methyl sites for hydroxylation is 2. The van der Waals surface area contributed by atoms with Gasteiger partial charge in [-0.25, -0.2) is 23.5 Å². The lowest BCUT2D eigenvalue weighted by molar-refractivity contribution is 0.597. The molecule has 3 heterocycles. The number of sulfonamides is 1. The van der Waals surface area contributed by atoms with Gasteiger partial charge in [0, 0.05) is 17.1 Å². The second-order valence-electron chi connectivity index (χ2n) is 7.78. The maximum Gasteiger partial charge on any atom is 0.238 e. The van der Waals surface area contributed by atoms with Crippen LogP contribution in [-0.2, 0) is 35.8 Å². The van der Waals surface area contributed by atoms with Crippen molar-refractivity contribution >= 4 is 43.1 Å². The highest BCUT2D eigenvalue weighted by atomic mass is 32.2. The number of hydrogen-bond acceptors (Lipinski definition) is 7. The van der Waals surface area contributed by atoms with Crippen LogP contribution >= 0.6 is 11.3 Å². The molecule has 29 heavy (non-hydrogen) atoms. The maximum atomic E-state index is 11.6. The zero-order chi connectivity index (χ0) is 20.2. The van der Waals surface area contributed by atoms with Crippen molar-refractivity contribution < 1.29 is 8.42 Å². The molecule has 0 saturated heterocycles. The van der Waals surface area contributed by atoms with Gasteiger partial charge in [0.25, 0.3) is 0 Å². The van der Waals surface area contributed by atoms with Crippen molar-refractivity contribution in [2.45, 2.75) is 50.0 Å². The van der Waals surface area contributed by atoms with Gasteiger partial charge in [0.05, 0.1) is 16.8 Å². The molecule has 152 valence electrons. The van der Waals surface area contributed by atoms with E-state index < -0.39 is 10.0 Å². The molecular formula is C20H23N5O2S2. The van der Waals surface area contributed by atoms with Crippen molar-refractivity contribution in [1.82, 2.24) is 9.97 Å². The first kappa shape index (κ1) is 18.8. The lowest BCUT2D eigenvalue weighted by Gasteiger charge is -2.18. The third kappa shape index (κ3) is 3.37. The number of fused-ring (bicyclic) bond motifs is 4. The van der Waals surface area contributed by atoms with Crippen LogP contribution in [0.3, 0.4) is 0 Å². The fraction of sp³-hybridized carbons (Fsp3) is 0.400. The minimum absolute atomic E-state index is 0.153. The van der Waals surface area contributed by atoms with E-state index in [0.29, 0.717) is 18.2 Å². The van der Waals surface area contributed by atoms with E-state index in [1.165, 1.54) is 29.7 Å². The number of aromatic nitrogens is 2. The number of anilines is 2. The van der Waals surface area contributed by atoms with E-state index >= 15 is 0 Å². The molecule has 0 radical (unpaired) electrons. The summed E-state index contributed by atoms with van der Waals surface area (Å²) in [4.78, 5) is 14.2.